The molecule has 1 saturated heterocycles. The number of H-pyrrole nitrogens is 1. The first-order chi connectivity index (χ1) is 13.8. The Kier molecular flexibility index (Phi) is 7.00. The average Bonchev–Trinajstić information content (AvgIpc) is 3.25. The van der Waals surface area contributed by atoms with Crippen molar-refractivity contribution in [3.05, 3.63) is 35.8 Å². The van der Waals surface area contributed by atoms with Gasteiger partial charge in [-0.25, -0.2) is 4.39 Å². The Bertz CT molecular complexity index is 830. The second-order valence-corrected chi connectivity index (χ2v) is 7.41. The summed E-state index contributed by atoms with van der Waals surface area (Å²) in [5.41, 5.74) is 1.91. The summed E-state index contributed by atoms with van der Waals surface area (Å²) >= 11 is 0. The molecule has 1 aromatic carbocycles. The van der Waals surface area contributed by atoms with Crippen molar-refractivity contribution in [2.75, 3.05) is 39.3 Å². The van der Waals surface area contributed by atoms with Crippen molar-refractivity contribution in [2.24, 2.45) is 10.9 Å². The number of rotatable bonds is 7. The van der Waals surface area contributed by atoms with Crippen LogP contribution < -0.4 is 10.6 Å². The predicted molar refractivity (Wildman–Crippen MR) is 107 cm³/mol. The molecule has 2 aromatic rings. The molecule has 0 amide bonds. The predicted octanol–water partition coefficient (Wildman–Crippen LogP) is 3.29. The van der Waals surface area contributed by atoms with Gasteiger partial charge in [-0.3, -0.25) is 9.89 Å². The van der Waals surface area contributed by atoms with E-state index in [1.165, 1.54) is 17.0 Å². The van der Waals surface area contributed by atoms with Gasteiger partial charge in [0.2, 0.25) is 0 Å². The minimum atomic E-state index is -4.15. The van der Waals surface area contributed by atoms with Crippen LogP contribution in [0.3, 0.4) is 0 Å². The number of halogens is 4. The van der Waals surface area contributed by atoms with E-state index in [-0.39, 0.29) is 11.7 Å². The van der Waals surface area contributed by atoms with E-state index in [0.717, 1.165) is 22.9 Å². The standard InChI is InChI=1S/C20H27F4N5/c1-2-25-19(28-10-14-6-8-29(12-14)13-20(22,23)24)26-7-5-15-11-27-18-4-3-16(21)9-17(15)18/h3-4,9,11,14,27H,2,5-8,10,12-13H2,1H3,(H2,25,26,28). The van der Waals surface area contributed by atoms with E-state index in [9.17, 15) is 17.6 Å². The van der Waals surface area contributed by atoms with Crippen LogP contribution in [-0.4, -0.2) is 61.3 Å². The lowest BCUT2D eigenvalue weighted by Crippen LogP contribution is -2.38. The van der Waals surface area contributed by atoms with Gasteiger partial charge in [-0.15, -0.1) is 0 Å². The van der Waals surface area contributed by atoms with Crippen LogP contribution in [-0.2, 0) is 6.42 Å². The van der Waals surface area contributed by atoms with Gasteiger partial charge in [-0.1, -0.05) is 0 Å². The molecule has 0 radical (unpaired) electrons. The molecule has 1 aliphatic rings. The Hall–Kier alpha value is -2.29. The summed E-state index contributed by atoms with van der Waals surface area (Å²) < 4.78 is 51.0. The summed E-state index contributed by atoms with van der Waals surface area (Å²) in [7, 11) is 0. The maximum atomic E-state index is 13.5. The van der Waals surface area contributed by atoms with Gasteiger partial charge in [-0.2, -0.15) is 13.2 Å². The molecule has 1 aliphatic heterocycles. The highest BCUT2D eigenvalue weighted by atomic mass is 19.4. The fraction of sp³-hybridized carbons (Fsp3) is 0.550. The van der Waals surface area contributed by atoms with Gasteiger partial charge < -0.3 is 15.6 Å². The smallest absolute Gasteiger partial charge is 0.361 e. The van der Waals surface area contributed by atoms with Crippen LogP contribution in [0.1, 0.15) is 18.9 Å². The number of benzene rings is 1. The second-order valence-electron chi connectivity index (χ2n) is 7.41. The van der Waals surface area contributed by atoms with Gasteiger partial charge >= 0.3 is 6.18 Å². The quantitative estimate of drug-likeness (QED) is 0.371. The van der Waals surface area contributed by atoms with Crippen LogP contribution in [0.15, 0.2) is 29.4 Å². The average molecular weight is 413 g/mol. The summed E-state index contributed by atoms with van der Waals surface area (Å²) in [5, 5.41) is 7.27. The van der Waals surface area contributed by atoms with E-state index >= 15 is 0 Å². The molecule has 1 aromatic heterocycles. The minimum Gasteiger partial charge on any atom is -0.361 e. The summed E-state index contributed by atoms with van der Waals surface area (Å²) in [6, 6.07) is 4.67. The zero-order valence-electron chi connectivity index (χ0n) is 16.4. The molecule has 0 spiro atoms. The number of aliphatic imine (C=N–C) groups is 1. The lowest BCUT2D eigenvalue weighted by Gasteiger charge is -2.17. The molecule has 3 N–H and O–H groups in total. The van der Waals surface area contributed by atoms with E-state index in [1.54, 1.807) is 6.07 Å². The van der Waals surface area contributed by atoms with Gasteiger partial charge in [-0.05, 0) is 56.0 Å². The zero-order valence-corrected chi connectivity index (χ0v) is 16.4. The topological polar surface area (TPSA) is 55.5 Å². The maximum Gasteiger partial charge on any atom is 0.401 e. The normalized spacial score (nSPS) is 18.5. The molecule has 9 heteroatoms. The first-order valence-electron chi connectivity index (χ1n) is 9.91. The number of aromatic nitrogens is 1. The van der Waals surface area contributed by atoms with E-state index < -0.39 is 12.7 Å². The molecule has 3 rings (SSSR count). The van der Waals surface area contributed by atoms with Crippen LogP contribution in [0.25, 0.3) is 10.9 Å². The molecule has 5 nitrogen and oxygen atoms in total. The molecule has 1 fully saturated rings. The molecule has 0 bridgehead atoms. The molecule has 29 heavy (non-hydrogen) atoms. The number of nitrogens with zero attached hydrogens (tertiary/aromatic N) is 2. The molecule has 0 aliphatic carbocycles. The summed E-state index contributed by atoms with van der Waals surface area (Å²) in [4.78, 5) is 9.12. The number of hydrogen-bond acceptors (Lipinski definition) is 2. The first-order valence-corrected chi connectivity index (χ1v) is 9.91. The largest absolute Gasteiger partial charge is 0.401 e. The van der Waals surface area contributed by atoms with Gasteiger partial charge in [0.15, 0.2) is 5.96 Å². The maximum absolute atomic E-state index is 13.5. The number of likely N-dealkylation sites (tertiary alicyclic amines) is 1. The number of aromatic amines is 1. The fourth-order valence-electron chi connectivity index (χ4n) is 3.69. The van der Waals surface area contributed by atoms with Gasteiger partial charge in [0.1, 0.15) is 5.82 Å². The Morgan fingerprint density at radius 2 is 2.14 bits per heavy atom. The highest BCUT2D eigenvalue weighted by Crippen LogP contribution is 2.23. The lowest BCUT2D eigenvalue weighted by molar-refractivity contribution is -0.143. The molecule has 1 unspecified atom stereocenters. The van der Waals surface area contributed by atoms with Gasteiger partial charge in [0.25, 0.3) is 0 Å². The SMILES string of the molecule is CCNC(=NCC1CCN(CC(F)(F)F)C1)NCCc1c[nH]c2ccc(F)cc12. The third kappa shape index (κ3) is 6.35. The van der Waals surface area contributed by atoms with E-state index in [2.05, 4.69) is 20.6 Å². The van der Waals surface area contributed by atoms with Crippen molar-refractivity contribution in [3.63, 3.8) is 0 Å². The molecule has 160 valence electrons. The zero-order chi connectivity index (χ0) is 20.9. The van der Waals surface area contributed by atoms with Crippen LogP contribution in [0.4, 0.5) is 17.6 Å². The van der Waals surface area contributed by atoms with Crippen molar-refractivity contribution in [1.29, 1.82) is 0 Å². The number of nitrogens with one attached hydrogen (secondary N) is 3. The highest BCUT2D eigenvalue weighted by molar-refractivity contribution is 5.83. The molecule has 0 saturated carbocycles. The summed E-state index contributed by atoms with van der Waals surface area (Å²) in [6.07, 6.45) is -0.861. The summed E-state index contributed by atoms with van der Waals surface area (Å²) in [5.74, 6) is 0.509. The van der Waals surface area contributed by atoms with E-state index in [1.807, 2.05) is 13.1 Å². The van der Waals surface area contributed by atoms with Crippen LogP contribution in [0.2, 0.25) is 0 Å². The Balaban J connectivity index is 1.50. The lowest BCUT2D eigenvalue weighted by atomic mass is 10.1. The monoisotopic (exact) mass is 413 g/mol. The van der Waals surface area contributed by atoms with Crippen LogP contribution >= 0.6 is 0 Å². The second kappa shape index (κ2) is 9.47. The van der Waals surface area contributed by atoms with Crippen LogP contribution in [0, 0.1) is 11.7 Å². The highest BCUT2D eigenvalue weighted by Gasteiger charge is 2.34. The fourth-order valence-corrected chi connectivity index (χ4v) is 3.69. The Morgan fingerprint density at radius 3 is 2.90 bits per heavy atom. The van der Waals surface area contributed by atoms with Crippen molar-refractivity contribution in [3.8, 4) is 0 Å². The van der Waals surface area contributed by atoms with Crippen molar-refractivity contribution in [2.45, 2.75) is 25.9 Å². The third-order valence-electron chi connectivity index (χ3n) is 5.04. The first kappa shape index (κ1) is 21.4. The van der Waals surface area contributed by atoms with Crippen molar-refractivity contribution in [1.82, 2.24) is 20.5 Å². The van der Waals surface area contributed by atoms with E-state index in [0.29, 0.717) is 45.1 Å². The third-order valence-corrected chi connectivity index (χ3v) is 5.04. The minimum absolute atomic E-state index is 0.129. The Morgan fingerprint density at radius 1 is 1.31 bits per heavy atom. The van der Waals surface area contributed by atoms with Crippen molar-refractivity contribution < 1.29 is 17.6 Å². The number of fused-ring (bicyclic) bond motifs is 1. The van der Waals surface area contributed by atoms with Crippen LogP contribution in [0.5, 0.6) is 0 Å². The van der Waals surface area contributed by atoms with Crippen molar-refractivity contribution >= 4 is 16.9 Å². The number of alkyl halides is 3. The van der Waals surface area contributed by atoms with Gasteiger partial charge in [0.05, 0.1) is 6.54 Å². The molecular formula is C20H27F4N5. The molecular weight excluding hydrogens is 386 g/mol. The van der Waals surface area contributed by atoms with E-state index in [4.69, 9.17) is 0 Å². The number of hydrogen-bond donors (Lipinski definition) is 3. The molecule has 2 heterocycles. The van der Waals surface area contributed by atoms with Gasteiger partial charge in [0, 0.05) is 43.3 Å². The number of guanidine groups is 1. The molecule has 1 atom stereocenters. The Labute approximate surface area is 167 Å². The summed E-state index contributed by atoms with van der Waals surface area (Å²) in [6.45, 7) is 3.78.